The van der Waals surface area contributed by atoms with Crippen LogP contribution in [0.15, 0.2) is 24.3 Å². The molecule has 1 unspecified atom stereocenters. The van der Waals surface area contributed by atoms with E-state index < -0.39 is 17.9 Å². The molecule has 0 fully saturated rings. The molecule has 0 radical (unpaired) electrons. The molecule has 0 saturated carbocycles. The Bertz CT molecular complexity index is 765. The van der Waals surface area contributed by atoms with Gasteiger partial charge in [-0.1, -0.05) is 0 Å². The summed E-state index contributed by atoms with van der Waals surface area (Å²) >= 11 is 0. The van der Waals surface area contributed by atoms with Crippen molar-refractivity contribution in [2.24, 2.45) is 5.73 Å². The molecule has 1 atom stereocenters. The summed E-state index contributed by atoms with van der Waals surface area (Å²) in [6, 6.07) is 5.68. The average Bonchev–Trinajstić information content (AvgIpc) is 2.65. The van der Waals surface area contributed by atoms with E-state index in [1.165, 1.54) is 7.11 Å². The van der Waals surface area contributed by atoms with E-state index in [-0.39, 0.29) is 37.6 Å². The maximum Gasteiger partial charge on any atom is 0.308 e. The van der Waals surface area contributed by atoms with Crippen LogP contribution in [0.4, 0.5) is 5.69 Å². The molecule has 9 nitrogen and oxygen atoms in total. The van der Waals surface area contributed by atoms with Gasteiger partial charge in [0.15, 0.2) is 0 Å². The van der Waals surface area contributed by atoms with E-state index in [1.807, 2.05) is 0 Å². The number of nitrogens with one attached hydrogen (secondary N) is 3. The van der Waals surface area contributed by atoms with Gasteiger partial charge in [-0.3, -0.25) is 19.8 Å². The highest BCUT2D eigenvalue weighted by molar-refractivity contribution is 5.96. The second-order valence-corrected chi connectivity index (χ2v) is 5.62. The molecular formula is C19H24N4O5. The van der Waals surface area contributed by atoms with E-state index in [0.29, 0.717) is 11.3 Å². The molecule has 0 aliphatic carbocycles. The monoisotopic (exact) mass is 388 g/mol. The average molecular weight is 388 g/mol. The van der Waals surface area contributed by atoms with Crippen LogP contribution in [0.2, 0.25) is 0 Å². The van der Waals surface area contributed by atoms with Crippen LogP contribution in [0, 0.1) is 17.4 Å². The molecule has 0 saturated heterocycles. The minimum absolute atomic E-state index is 0.0515. The summed E-state index contributed by atoms with van der Waals surface area (Å²) in [5, 5.41) is 12.5. The lowest BCUT2D eigenvalue weighted by atomic mass is 10.2. The summed E-state index contributed by atoms with van der Waals surface area (Å²) < 4.78 is 9.47. The highest BCUT2D eigenvalue weighted by Gasteiger charge is 2.16. The number of rotatable bonds is 9. The summed E-state index contributed by atoms with van der Waals surface area (Å²) in [6.07, 6.45) is 2.09. The Morgan fingerprint density at radius 2 is 1.82 bits per heavy atom. The number of methoxy groups -OCH3 is 1. The van der Waals surface area contributed by atoms with Gasteiger partial charge in [0.2, 0.25) is 11.8 Å². The Hall–Kier alpha value is -3.54. The van der Waals surface area contributed by atoms with Gasteiger partial charge in [-0.25, -0.2) is 0 Å². The van der Waals surface area contributed by atoms with Crippen LogP contribution in [-0.4, -0.2) is 43.4 Å². The molecule has 0 bridgehead atoms. The Morgan fingerprint density at radius 3 is 2.39 bits per heavy atom. The van der Waals surface area contributed by atoms with E-state index in [0.717, 1.165) is 0 Å². The lowest BCUT2D eigenvalue weighted by Gasteiger charge is -2.12. The zero-order valence-electron chi connectivity index (χ0n) is 15.8. The van der Waals surface area contributed by atoms with Crippen LogP contribution < -0.4 is 16.4 Å². The van der Waals surface area contributed by atoms with Crippen LogP contribution in [-0.2, 0) is 23.9 Å². The molecule has 0 spiro atoms. The summed E-state index contributed by atoms with van der Waals surface area (Å²) in [6.45, 7) is 1.91. The van der Waals surface area contributed by atoms with Gasteiger partial charge >= 0.3 is 5.97 Å². The third-order valence-electron chi connectivity index (χ3n) is 3.41. The van der Waals surface area contributed by atoms with Crippen molar-refractivity contribution in [2.45, 2.75) is 32.2 Å². The number of ether oxygens (including phenoxy) is 2. The second kappa shape index (κ2) is 12.0. The van der Waals surface area contributed by atoms with Gasteiger partial charge in [-0.2, -0.15) is 0 Å². The number of nitrogen functional groups attached to an aromatic ring is 1. The summed E-state index contributed by atoms with van der Waals surface area (Å²) in [7, 11) is 1.36. The summed E-state index contributed by atoms with van der Waals surface area (Å²) in [4.78, 5) is 35.6. The van der Waals surface area contributed by atoms with Crippen molar-refractivity contribution in [3.63, 3.8) is 0 Å². The molecule has 0 aromatic heterocycles. The van der Waals surface area contributed by atoms with Crippen molar-refractivity contribution < 1.29 is 23.9 Å². The lowest BCUT2D eigenvalue weighted by molar-refractivity contribution is -0.143. The van der Waals surface area contributed by atoms with Gasteiger partial charge in [0.25, 0.3) is 0 Å². The topological polar surface area (TPSA) is 144 Å². The zero-order chi connectivity index (χ0) is 20.9. The van der Waals surface area contributed by atoms with E-state index in [1.54, 1.807) is 31.2 Å². The van der Waals surface area contributed by atoms with Gasteiger partial charge in [0.1, 0.15) is 18.0 Å². The first-order valence-electron chi connectivity index (χ1n) is 8.58. The summed E-state index contributed by atoms with van der Waals surface area (Å²) in [5.41, 5.74) is 6.44. The molecule has 5 N–H and O–H groups in total. The molecule has 28 heavy (non-hydrogen) atoms. The first-order valence-corrected chi connectivity index (χ1v) is 8.58. The zero-order valence-corrected chi connectivity index (χ0v) is 15.8. The molecule has 0 aliphatic rings. The Morgan fingerprint density at radius 1 is 1.18 bits per heavy atom. The van der Waals surface area contributed by atoms with E-state index in [9.17, 15) is 14.4 Å². The Kier molecular flexibility index (Phi) is 9.61. The van der Waals surface area contributed by atoms with Crippen molar-refractivity contribution in [2.75, 3.05) is 19.0 Å². The van der Waals surface area contributed by atoms with Crippen LogP contribution >= 0.6 is 0 Å². The number of benzene rings is 1. The van der Waals surface area contributed by atoms with Gasteiger partial charge in [0.05, 0.1) is 20.1 Å². The normalized spacial score (nSPS) is 10.6. The van der Waals surface area contributed by atoms with Crippen LogP contribution in [0.3, 0.4) is 0 Å². The van der Waals surface area contributed by atoms with E-state index >= 15 is 0 Å². The third kappa shape index (κ3) is 8.71. The largest absolute Gasteiger partial charge is 0.466 e. The van der Waals surface area contributed by atoms with Crippen LogP contribution in [0.5, 0.6) is 0 Å². The Balaban J connectivity index is 2.50. The summed E-state index contributed by atoms with van der Waals surface area (Å²) in [5.74, 6) is 1.26. The fourth-order valence-electron chi connectivity index (χ4n) is 2.10. The van der Waals surface area contributed by atoms with Crippen molar-refractivity contribution in [3.05, 3.63) is 29.8 Å². The highest BCUT2D eigenvalue weighted by Crippen LogP contribution is 2.10. The predicted molar refractivity (Wildman–Crippen MR) is 103 cm³/mol. The molecule has 2 amide bonds. The number of hydrogen-bond donors (Lipinski definition) is 4. The lowest BCUT2D eigenvalue weighted by Crippen LogP contribution is -2.36. The number of hydrogen-bond acceptors (Lipinski definition) is 6. The van der Waals surface area contributed by atoms with Crippen molar-refractivity contribution in [1.82, 2.24) is 5.32 Å². The number of carbonyl (C=O) groups excluding carboxylic acids is 3. The smallest absolute Gasteiger partial charge is 0.308 e. The SMILES string of the molecule is CCOC(=O)CC(C#COC)NC(=O)CCC(=O)Nc1ccc(C(=N)N)cc1. The maximum absolute atomic E-state index is 12.0. The fraction of sp³-hybridized carbons (Fsp3) is 0.368. The van der Waals surface area contributed by atoms with Crippen LogP contribution in [0.25, 0.3) is 0 Å². The molecule has 150 valence electrons. The second-order valence-electron chi connectivity index (χ2n) is 5.62. The van der Waals surface area contributed by atoms with E-state index in [2.05, 4.69) is 27.4 Å². The quantitative estimate of drug-likeness (QED) is 0.213. The predicted octanol–water partition coefficient (Wildman–Crippen LogP) is 0.735. The molecule has 9 heteroatoms. The molecular weight excluding hydrogens is 364 g/mol. The number of amidine groups is 1. The van der Waals surface area contributed by atoms with Gasteiger partial charge in [0, 0.05) is 24.1 Å². The highest BCUT2D eigenvalue weighted by atomic mass is 16.5. The molecule has 1 aromatic rings. The number of anilines is 1. The fourth-order valence-corrected chi connectivity index (χ4v) is 2.10. The Labute approximate surface area is 163 Å². The molecule has 0 aliphatic heterocycles. The third-order valence-corrected chi connectivity index (χ3v) is 3.41. The van der Waals surface area contributed by atoms with Crippen molar-refractivity contribution >= 4 is 29.3 Å². The molecule has 1 rings (SSSR count). The minimum atomic E-state index is -0.770. The van der Waals surface area contributed by atoms with Gasteiger partial charge < -0.3 is 25.8 Å². The first kappa shape index (κ1) is 22.5. The first-order chi connectivity index (χ1) is 13.3. The number of esters is 1. The molecule has 1 aromatic carbocycles. The van der Waals surface area contributed by atoms with Gasteiger partial charge in [-0.05, 0) is 37.1 Å². The van der Waals surface area contributed by atoms with Crippen LogP contribution in [0.1, 0.15) is 31.7 Å². The number of carbonyl (C=O) groups is 3. The number of amides is 2. The van der Waals surface area contributed by atoms with Crippen molar-refractivity contribution in [1.29, 1.82) is 5.41 Å². The van der Waals surface area contributed by atoms with Crippen molar-refractivity contribution in [3.8, 4) is 12.0 Å². The van der Waals surface area contributed by atoms with Gasteiger partial charge in [-0.15, -0.1) is 0 Å². The maximum atomic E-state index is 12.0. The standard InChI is InChI=1S/C19H24N4O5/c1-3-28-18(26)12-15(10-11-27-2)23-17(25)9-8-16(24)22-14-6-4-13(5-7-14)19(20)21/h4-7,15H,3,8-9,12H2,1-2H3,(H3,20,21)(H,22,24)(H,23,25). The minimum Gasteiger partial charge on any atom is -0.466 e. The number of nitrogens with two attached hydrogens (primary N) is 1. The molecule has 0 heterocycles. The van der Waals surface area contributed by atoms with E-state index in [4.69, 9.17) is 15.9 Å².